The highest BCUT2D eigenvalue weighted by atomic mass is 19.1. The Morgan fingerprint density at radius 1 is 1.19 bits per heavy atom. The van der Waals surface area contributed by atoms with Gasteiger partial charge in [-0.3, -0.25) is 9.59 Å². The van der Waals surface area contributed by atoms with Gasteiger partial charge >= 0.3 is 0 Å². The molecule has 2 aliphatic rings. The number of aromatic amines is 1. The number of amides is 2. The molecule has 196 valence electrons. The highest BCUT2D eigenvalue weighted by Crippen LogP contribution is 2.39. The van der Waals surface area contributed by atoms with Gasteiger partial charge in [0.05, 0.1) is 24.8 Å². The predicted molar refractivity (Wildman–Crippen MR) is 133 cm³/mol. The van der Waals surface area contributed by atoms with Crippen LogP contribution < -0.4 is 14.8 Å². The number of aliphatic hydroxyl groups is 1. The van der Waals surface area contributed by atoms with E-state index in [-0.39, 0.29) is 23.6 Å². The van der Waals surface area contributed by atoms with E-state index in [1.54, 1.807) is 17.9 Å². The van der Waals surface area contributed by atoms with Gasteiger partial charge in [0, 0.05) is 36.5 Å². The van der Waals surface area contributed by atoms with Crippen molar-refractivity contribution in [2.45, 2.75) is 38.6 Å². The minimum Gasteiger partial charge on any atom is -0.494 e. The van der Waals surface area contributed by atoms with Gasteiger partial charge in [0.2, 0.25) is 5.91 Å². The number of methoxy groups -OCH3 is 1. The van der Waals surface area contributed by atoms with Crippen LogP contribution in [0.1, 0.15) is 41.7 Å². The fourth-order valence-electron chi connectivity index (χ4n) is 4.72. The lowest BCUT2D eigenvalue weighted by Crippen LogP contribution is -2.47. The number of piperidine rings is 1. The Labute approximate surface area is 213 Å². The quantitative estimate of drug-likeness (QED) is 0.424. The maximum Gasteiger partial charge on any atom is 0.255 e. The number of aromatic nitrogens is 3. The van der Waals surface area contributed by atoms with E-state index in [0.717, 1.165) is 12.8 Å². The summed E-state index contributed by atoms with van der Waals surface area (Å²) in [4.78, 5) is 38.7. The third-order valence-electron chi connectivity index (χ3n) is 7.00. The molecule has 0 bridgehead atoms. The fraction of sp³-hybridized carbons (Fsp3) is 0.462. The number of carbonyl (C=O) groups is 2. The van der Waals surface area contributed by atoms with Crippen LogP contribution >= 0.6 is 0 Å². The van der Waals surface area contributed by atoms with Crippen LogP contribution in [0.4, 0.5) is 4.39 Å². The Balaban J connectivity index is 1.44. The summed E-state index contributed by atoms with van der Waals surface area (Å²) in [7, 11) is 1.40. The molecule has 2 amide bonds. The largest absolute Gasteiger partial charge is 0.494 e. The molecule has 10 nitrogen and oxygen atoms in total. The molecule has 2 fully saturated rings. The van der Waals surface area contributed by atoms with Crippen molar-refractivity contribution in [3.8, 4) is 22.8 Å². The van der Waals surface area contributed by atoms with Gasteiger partial charge in [-0.2, -0.15) is 0 Å². The number of aryl methyl sites for hydroxylation is 1. The Bertz CT molecular complexity index is 1330. The van der Waals surface area contributed by atoms with E-state index in [2.05, 4.69) is 20.3 Å². The van der Waals surface area contributed by atoms with Crippen LogP contribution in [0.2, 0.25) is 0 Å². The zero-order valence-electron chi connectivity index (χ0n) is 20.8. The van der Waals surface area contributed by atoms with Crippen molar-refractivity contribution in [2.24, 2.45) is 5.92 Å². The van der Waals surface area contributed by atoms with E-state index in [1.165, 1.54) is 19.5 Å². The standard InChI is InChI=1S/C26H30FN5O5/c1-14-22(26(35)31-16-5-7-32(8-6-16)21(34)11-33)24-25(30-14)23(28-13-29-24)17-9-20(36-2)18(27)10-19(17)37-12-15-3-4-15/h9-10,13,15-16,30,33H,3-8,11-12H2,1-2H3,(H,31,35). The first kappa shape index (κ1) is 24.9. The maximum atomic E-state index is 14.6. The number of ether oxygens (including phenoxy) is 2. The number of fused-ring (bicyclic) bond motifs is 1. The van der Waals surface area contributed by atoms with Gasteiger partial charge in [-0.25, -0.2) is 14.4 Å². The minimum atomic E-state index is -0.531. The van der Waals surface area contributed by atoms with E-state index < -0.39 is 12.4 Å². The Kier molecular flexibility index (Phi) is 6.96. The first-order chi connectivity index (χ1) is 17.9. The number of nitrogens with zero attached hydrogens (tertiary/aromatic N) is 3. The van der Waals surface area contributed by atoms with Crippen molar-refractivity contribution in [1.82, 2.24) is 25.2 Å². The topological polar surface area (TPSA) is 130 Å². The number of halogens is 1. The highest BCUT2D eigenvalue weighted by molar-refractivity contribution is 6.09. The SMILES string of the molecule is COc1cc(-c2ncnc3c(C(=O)NC4CCN(C(=O)CO)CC4)c(C)[nH]c23)c(OCC2CC2)cc1F. The molecule has 3 N–H and O–H groups in total. The summed E-state index contributed by atoms with van der Waals surface area (Å²) < 4.78 is 25.7. The number of hydrogen-bond acceptors (Lipinski definition) is 7. The average molecular weight is 512 g/mol. The number of nitrogens with one attached hydrogen (secondary N) is 2. The second kappa shape index (κ2) is 10.3. The number of benzene rings is 1. The highest BCUT2D eigenvalue weighted by Gasteiger charge is 2.28. The molecule has 1 aromatic carbocycles. The van der Waals surface area contributed by atoms with Gasteiger partial charge < -0.3 is 29.8 Å². The number of rotatable bonds is 8. The minimum absolute atomic E-state index is 0.0628. The molecule has 0 radical (unpaired) electrons. The van der Waals surface area contributed by atoms with Crippen molar-refractivity contribution in [3.05, 3.63) is 35.5 Å². The second-order valence-electron chi connectivity index (χ2n) is 9.59. The summed E-state index contributed by atoms with van der Waals surface area (Å²) in [6.45, 7) is 2.71. The van der Waals surface area contributed by atoms with Gasteiger partial charge in [-0.15, -0.1) is 0 Å². The van der Waals surface area contributed by atoms with E-state index in [1.807, 2.05) is 0 Å². The molecule has 5 rings (SSSR count). The lowest BCUT2D eigenvalue weighted by Gasteiger charge is -2.32. The number of carbonyl (C=O) groups excluding carboxylic acids is 2. The summed E-state index contributed by atoms with van der Waals surface area (Å²) in [5, 5.41) is 12.1. The molecular formula is C26H30FN5O5. The number of aliphatic hydroxyl groups excluding tert-OH is 1. The van der Waals surface area contributed by atoms with Crippen LogP contribution in [0, 0.1) is 18.7 Å². The lowest BCUT2D eigenvalue weighted by atomic mass is 10.0. The summed E-state index contributed by atoms with van der Waals surface area (Å²) in [6, 6.07) is 2.75. The van der Waals surface area contributed by atoms with Crippen molar-refractivity contribution in [3.63, 3.8) is 0 Å². The summed E-state index contributed by atoms with van der Waals surface area (Å²) in [6.07, 6.45) is 4.75. The Morgan fingerprint density at radius 2 is 1.95 bits per heavy atom. The molecule has 1 aliphatic carbocycles. The maximum absolute atomic E-state index is 14.6. The predicted octanol–water partition coefficient (Wildman–Crippen LogP) is 2.58. The lowest BCUT2D eigenvalue weighted by molar-refractivity contribution is -0.135. The summed E-state index contributed by atoms with van der Waals surface area (Å²) in [5.41, 5.74) is 3.04. The Hall–Kier alpha value is -3.73. The van der Waals surface area contributed by atoms with Gasteiger partial charge in [-0.05, 0) is 44.6 Å². The molecule has 1 aliphatic heterocycles. The third-order valence-corrected chi connectivity index (χ3v) is 7.00. The third kappa shape index (κ3) is 5.08. The molecule has 1 saturated carbocycles. The first-order valence-corrected chi connectivity index (χ1v) is 12.4. The number of likely N-dealkylation sites (tertiary alicyclic amines) is 1. The van der Waals surface area contributed by atoms with Crippen molar-refractivity contribution >= 4 is 22.8 Å². The molecule has 3 aromatic rings. The van der Waals surface area contributed by atoms with E-state index in [4.69, 9.17) is 14.6 Å². The van der Waals surface area contributed by atoms with Gasteiger partial charge in [0.1, 0.15) is 29.9 Å². The van der Waals surface area contributed by atoms with E-state index >= 15 is 0 Å². The molecule has 37 heavy (non-hydrogen) atoms. The number of H-pyrrole nitrogens is 1. The van der Waals surface area contributed by atoms with Crippen molar-refractivity contribution in [2.75, 3.05) is 33.4 Å². The van der Waals surface area contributed by atoms with Gasteiger partial charge in [-0.1, -0.05) is 0 Å². The van der Waals surface area contributed by atoms with Crippen molar-refractivity contribution < 1.29 is 28.6 Å². The van der Waals surface area contributed by atoms with E-state index in [0.29, 0.717) is 77.8 Å². The van der Waals surface area contributed by atoms with Crippen LogP contribution in [-0.2, 0) is 4.79 Å². The molecule has 0 atom stereocenters. The Morgan fingerprint density at radius 3 is 2.62 bits per heavy atom. The van der Waals surface area contributed by atoms with Crippen LogP contribution in [0.5, 0.6) is 11.5 Å². The van der Waals surface area contributed by atoms with Crippen molar-refractivity contribution in [1.29, 1.82) is 0 Å². The molecule has 3 heterocycles. The van der Waals surface area contributed by atoms with Crippen LogP contribution in [0.25, 0.3) is 22.3 Å². The molecule has 1 saturated heterocycles. The van der Waals surface area contributed by atoms with Gasteiger partial charge in [0.25, 0.3) is 5.91 Å². The number of hydrogen-bond donors (Lipinski definition) is 3. The zero-order valence-corrected chi connectivity index (χ0v) is 20.8. The van der Waals surface area contributed by atoms with Gasteiger partial charge in [0.15, 0.2) is 11.6 Å². The smallest absolute Gasteiger partial charge is 0.255 e. The van der Waals surface area contributed by atoms with Crippen LogP contribution in [0.3, 0.4) is 0 Å². The molecule has 0 unspecified atom stereocenters. The molecule has 0 spiro atoms. The van der Waals surface area contributed by atoms with Crippen LogP contribution in [-0.4, -0.2) is 76.2 Å². The average Bonchev–Trinajstić information content (AvgIpc) is 3.67. The summed E-state index contributed by atoms with van der Waals surface area (Å²) in [5.74, 6) is -0.223. The first-order valence-electron chi connectivity index (χ1n) is 12.4. The second-order valence-corrected chi connectivity index (χ2v) is 9.59. The molecular weight excluding hydrogens is 481 g/mol. The molecule has 2 aromatic heterocycles. The monoisotopic (exact) mass is 511 g/mol. The zero-order chi connectivity index (χ0) is 26.1. The summed E-state index contributed by atoms with van der Waals surface area (Å²) >= 11 is 0. The van der Waals surface area contributed by atoms with Crippen LogP contribution in [0.15, 0.2) is 18.5 Å². The fourth-order valence-corrected chi connectivity index (χ4v) is 4.72. The normalized spacial score (nSPS) is 16.2. The molecule has 11 heteroatoms. The van der Waals surface area contributed by atoms with E-state index in [9.17, 15) is 14.0 Å².